The SMILES string of the molecule is Cc1cccc2c1N[C@@H](c1ccccc1)CO2. The Kier molecular flexibility index (Phi) is 2.48. The lowest BCUT2D eigenvalue weighted by molar-refractivity contribution is 0.286. The monoisotopic (exact) mass is 225 g/mol. The lowest BCUT2D eigenvalue weighted by Crippen LogP contribution is -2.24. The number of para-hydroxylation sites is 1. The van der Waals surface area contributed by atoms with Crippen molar-refractivity contribution >= 4 is 5.69 Å². The molecule has 1 atom stereocenters. The van der Waals surface area contributed by atoms with Crippen LogP contribution in [0.5, 0.6) is 5.75 Å². The number of nitrogens with one attached hydrogen (secondary N) is 1. The topological polar surface area (TPSA) is 21.3 Å². The van der Waals surface area contributed by atoms with E-state index in [1.807, 2.05) is 18.2 Å². The molecule has 1 N–H and O–H groups in total. The third kappa shape index (κ3) is 1.86. The Morgan fingerprint density at radius 3 is 2.71 bits per heavy atom. The van der Waals surface area contributed by atoms with Crippen LogP contribution < -0.4 is 10.1 Å². The van der Waals surface area contributed by atoms with Gasteiger partial charge < -0.3 is 10.1 Å². The van der Waals surface area contributed by atoms with E-state index in [0.29, 0.717) is 6.61 Å². The Morgan fingerprint density at radius 1 is 1.06 bits per heavy atom. The third-order valence-corrected chi connectivity index (χ3v) is 3.16. The van der Waals surface area contributed by atoms with Gasteiger partial charge in [-0.1, -0.05) is 42.5 Å². The maximum absolute atomic E-state index is 5.81. The molecular formula is C15H15NO. The number of fused-ring (bicyclic) bond motifs is 1. The second-order valence-electron chi connectivity index (χ2n) is 4.37. The van der Waals surface area contributed by atoms with Crippen molar-refractivity contribution in [2.24, 2.45) is 0 Å². The van der Waals surface area contributed by atoms with E-state index >= 15 is 0 Å². The zero-order valence-electron chi connectivity index (χ0n) is 9.81. The van der Waals surface area contributed by atoms with E-state index in [1.165, 1.54) is 11.1 Å². The molecule has 0 aromatic heterocycles. The van der Waals surface area contributed by atoms with Gasteiger partial charge in [0.25, 0.3) is 0 Å². The number of hydrogen-bond donors (Lipinski definition) is 1. The first kappa shape index (κ1) is 10.2. The fraction of sp³-hybridized carbons (Fsp3) is 0.200. The highest BCUT2D eigenvalue weighted by molar-refractivity contribution is 5.63. The average molecular weight is 225 g/mol. The lowest BCUT2D eigenvalue weighted by Gasteiger charge is -2.29. The van der Waals surface area contributed by atoms with Gasteiger partial charge in [-0.2, -0.15) is 0 Å². The highest BCUT2D eigenvalue weighted by atomic mass is 16.5. The largest absolute Gasteiger partial charge is 0.489 e. The molecule has 0 unspecified atom stereocenters. The van der Waals surface area contributed by atoms with Crippen LogP contribution in [0.1, 0.15) is 17.2 Å². The summed E-state index contributed by atoms with van der Waals surface area (Å²) in [6.45, 7) is 2.78. The van der Waals surface area contributed by atoms with E-state index < -0.39 is 0 Å². The van der Waals surface area contributed by atoms with Crippen LogP contribution in [0.25, 0.3) is 0 Å². The van der Waals surface area contributed by atoms with Crippen molar-refractivity contribution in [3.8, 4) is 5.75 Å². The van der Waals surface area contributed by atoms with Crippen molar-refractivity contribution in [2.45, 2.75) is 13.0 Å². The van der Waals surface area contributed by atoms with Gasteiger partial charge in [0.05, 0.1) is 11.7 Å². The molecule has 86 valence electrons. The standard InChI is InChI=1S/C15H15NO/c1-11-6-5-9-14-15(11)16-13(10-17-14)12-7-3-2-4-8-12/h2-9,13,16H,10H2,1H3/t13-/m1/s1. The van der Waals surface area contributed by atoms with Gasteiger partial charge in [-0.15, -0.1) is 0 Å². The molecule has 1 aliphatic rings. The molecule has 0 spiro atoms. The van der Waals surface area contributed by atoms with Crippen molar-refractivity contribution in [3.05, 3.63) is 59.7 Å². The van der Waals surface area contributed by atoms with Gasteiger partial charge in [0, 0.05) is 0 Å². The van der Waals surface area contributed by atoms with Crippen LogP contribution in [0.4, 0.5) is 5.69 Å². The van der Waals surface area contributed by atoms with Gasteiger partial charge in [-0.25, -0.2) is 0 Å². The van der Waals surface area contributed by atoms with Crippen molar-refractivity contribution in [2.75, 3.05) is 11.9 Å². The molecule has 0 fully saturated rings. The molecule has 0 bridgehead atoms. The molecule has 0 saturated heterocycles. The fourth-order valence-corrected chi connectivity index (χ4v) is 2.20. The fourth-order valence-electron chi connectivity index (χ4n) is 2.20. The number of aryl methyl sites for hydroxylation is 1. The first-order valence-corrected chi connectivity index (χ1v) is 5.88. The molecule has 3 rings (SSSR count). The van der Waals surface area contributed by atoms with Crippen LogP contribution in [0, 0.1) is 6.92 Å². The molecule has 1 aliphatic heterocycles. The lowest BCUT2D eigenvalue weighted by atomic mass is 10.0. The first-order chi connectivity index (χ1) is 8.34. The molecule has 2 heteroatoms. The molecule has 2 aromatic carbocycles. The van der Waals surface area contributed by atoms with Crippen molar-refractivity contribution in [1.29, 1.82) is 0 Å². The summed E-state index contributed by atoms with van der Waals surface area (Å²) in [5, 5.41) is 3.56. The molecule has 0 saturated carbocycles. The second kappa shape index (κ2) is 4.13. The van der Waals surface area contributed by atoms with Crippen LogP contribution in [0.3, 0.4) is 0 Å². The summed E-state index contributed by atoms with van der Waals surface area (Å²) in [7, 11) is 0. The van der Waals surface area contributed by atoms with Crippen LogP contribution in [0.2, 0.25) is 0 Å². The van der Waals surface area contributed by atoms with Crippen molar-refractivity contribution in [1.82, 2.24) is 0 Å². The van der Waals surface area contributed by atoms with Gasteiger partial charge in [-0.3, -0.25) is 0 Å². The van der Waals surface area contributed by atoms with E-state index in [0.717, 1.165) is 11.4 Å². The summed E-state index contributed by atoms with van der Waals surface area (Å²) in [6.07, 6.45) is 0. The molecule has 1 heterocycles. The Balaban J connectivity index is 1.93. The van der Waals surface area contributed by atoms with Crippen LogP contribution >= 0.6 is 0 Å². The van der Waals surface area contributed by atoms with E-state index in [4.69, 9.17) is 4.74 Å². The van der Waals surface area contributed by atoms with Gasteiger partial charge in [0.2, 0.25) is 0 Å². The summed E-state index contributed by atoms with van der Waals surface area (Å²) in [6, 6.07) is 16.8. The molecule has 0 aliphatic carbocycles. The minimum Gasteiger partial charge on any atom is -0.489 e. The van der Waals surface area contributed by atoms with Gasteiger partial charge >= 0.3 is 0 Å². The van der Waals surface area contributed by atoms with Crippen molar-refractivity contribution in [3.63, 3.8) is 0 Å². The Morgan fingerprint density at radius 2 is 1.88 bits per heavy atom. The number of benzene rings is 2. The predicted octanol–water partition coefficient (Wildman–Crippen LogP) is 3.54. The smallest absolute Gasteiger partial charge is 0.142 e. The van der Waals surface area contributed by atoms with Crippen LogP contribution in [-0.2, 0) is 0 Å². The highest BCUT2D eigenvalue weighted by Crippen LogP contribution is 2.35. The maximum atomic E-state index is 5.81. The van der Waals surface area contributed by atoms with E-state index in [1.54, 1.807) is 0 Å². The quantitative estimate of drug-likeness (QED) is 0.801. The molecule has 0 radical (unpaired) electrons. The molecule has 2 nitrogen and oxygen atoms in total. The number of ether oxygens (including phenoxy) is 1. The zero-order chi connectivity index (χ0) is 11.7. The Hall–Kier alpha value is -1.96. The van der Waals surface area contributed by atoms with E-state index in [9.17, 15) is 0 Å². The minimum absolute atomic E-state index is 0.241. The third-order valence-electron chi connectivity index (χ3n) is 3.16. The molecule has 2 aromatic rings. The van der Waals surface area contributed by atoms with Crippen molar-refractivity contribution < 1.29 is 4.74 Å². The van der Waals surface area contributed by atoms with Gasteiger partial charge in [0.1, 0.15) is 12.4 Å². The van der Waals surface area contributed by atoms with Crippen LogP contribution in [-0.4, -0.2) is 6.61 Å². The molecule has 17 heavy (non-hydrogen) atoms. The zero-order valence-corrected chi connectivity index (χ0v) is 9.81. The Bertz CT molecular complexity index is 522. The summed E-state index contributed by atoms with van der Waals surface area (Å²) < 4.78 is 5.81. The molecule has 0 amide bonds. The summed E-state index contributed by atoms with van der Waals surface area (Å²) in [5.41, 5.74) is 3.61. The number of anilines is 1. The highest BCUT2D eigenvalue weighted by Gasteiger charge is 2.20. The average Bonchev–Trinajstić information content (AvgIpc) is 2.40. The van der Waals surface area contributed by atoms with E-state index in [-0.39, 0.29) is 6.04 Å². The molecular weight excluding hydrogens is 210 g/mol. The van der Waals surface area contributed by atoms with E-state index in [2.05, 4.69) is 42.6 Å². The van der Waals surface area contributed by atoms with Gasteiger partial charge in [0.15, 0.2) is 0 Å². The Labute approximate surface area is 101 Å². The normalized spacial score (nSPS) is 17.8. The predicted molar refractivity (Wildman–Crippen MR) is 69.5 cm³/mol. The minimum atomic E-state index is 0.241. The second-order valence-corrected chi connectivity index (χ2v) is 4.37. The van der Waals surface area contributed by atoms with Crippen LogP contribution in [0.15, 0.2) is 48.5 Å². The number of rotatable bonds is 1. The number of hydrogen-bond acceptors (Lipinski definition) is 2. The summed E-state index contributed by atoms with van der Waals surface area (Å²) >= 11 is 0. The summed E-state index contributed by atoms with van der Waals surface area (Å²) in [4.78, 5) is 0. The van der Waals surface area contributed by atoms with Gasteiger partial charge in [-0.05, 0) is 24.1 Å². The first-order valence-electron chi connectivity index (χ1n) is 5.88. The maximum Gasteiger partial charge on any atom is 0.142 e. The summed E-state index contributed by atoms with van der Waals surface area (Å²) in [5.74, 6) is 0.956.